The molecule has 0 aliphatic heterocycles. The van der Waals surface area contributed by atoms with Crippen LogP contribution in [0.2, 0.25) is 5.02 Å². The number of nitrogens with zero attached hydrogens (tertiary/aromatic N) is 3. The van der Waals surface area contributed by atoms with Crippen LogP contribution in [0.4, 0.5) is 5.82 Å². The fraction of sp³-hybridized carbons (Fsp3) is 0.188. The van der Waals surface area contributed by atoms with Gasteiger partial charge in [0.2, 0.25) is 0 Å². The van der Waals surface area contributed by atoms with E-state index in [1.165, 1.54) is 0 Å². The van der Waals surface area contributed by atoms with Crippen molar-refractivity contribution in [2.75, 3.05) is 5.32 Å². The fourth-order valence-electron chi connectivity index (χ4n) is 2.24. The zero-order chi connectivity index (χ0) is 16.4. The first-order chi connectivity index (χ1) is 11.0. The molecule has 0 radical (unpaired) electrons. The Hall–Kier alpha value is -2.60. The zero-order valence-electron chi connectivity index (χ0n) is 12.7. The third kappa shape index (κ3) is 3.27. The van der Waals surface area contributed by atoms with Gasteiger partial charge in [-0.1, -0.05) is 28.9 Å². The average Bonchev–Trinajstić information content (AvgIpc) is 3.09. The molecule has 118 valence electrons. The van der Waals surface area contributed by atoms with Crippen molar-refractivity contribution in [1.82, 2.24) is 14.9 Å². The number of anilines is 1. The zero-order valence-corrected chi connectivity index (χ0v) is 13.5. The van der Waals surface area contributed by atoms with Crippen molar-refractivity contribution in [3.05, 3.63) is 64.1 Å². The first-order valence-electron chi connectivity index (χ1n) is 7.05. The lowest BCUT2D eigenvalue weighted by molar-refractivity contribution is 0.102. The minimum absolute atomic E-state index is 0.293. The number of nitrogens with one attached hydrogen (secondary N) is 1. The molecule has 0 aliphatic rings. The highest BCUT2D eigenvalue weighted by molar-refractivity contribution is 6.34. The number of hydrogen-bond acceptors (Lipinski definition) is 4. The van der Waals surface area contributed by atoms with E-state index in [-0.39, 0.29) is 5.91 Å². The second-order valence-electron chi connectivity index (χ2n) is 5.14. The maximum atomic E-state index is 12.2. The standard InChI is InChI=1S/C16H15ClN4O2/c1-10-13(11(2)23-20-10)9-21-8-7-15(19-21)18-16(22)12-5-3-4-6-14(12)17/h3-8H,9H2,1-2H3,(H,18,19,22). The van der Waals surface area contributed by atoms with Crippen molar-refractivity contribution in [1.29, 1.82) is 0 Å². The van der Waals surface area contributed by atoms with Crippen LogP contribution < -0.4 is 5.32 Å². The van der Waals surface area contributed by atoms with Gasteiger partial charge in [0.1, 0.15) is 5.76 Å². The van der Waals surface area contributed by atoms with E-state index >= 15 is 0 Å². The molecule has 2 aromatic heterocycles. The Morgan fingerprint density at radius 3 is 2.78 bits per heavy atom. The summed E-state index contributed by atoms with van der Waals surface area (Å²) in [5, 5.41) is 11.4. The number of aryl methyl sites for hydroxylation is 2. The van der Waals surface area contributed by atoms with Crippen molar-refractivity contribution in [3.8, 4) is 0 Å². The van der Waals surface area contributed by atoms with Crippen LogP contribution in [0.5, 0.6) is 0 Å². The number of amides is 1. The molecule has 2 heterocycles. The SMILES string of the molecule is Cc1noc(C)c1Cn1ccc(NC(=O)c2ccccc2Cl)n1. The van der Waals surface area contributed by atoms with Gasteiger partial charge in [-0.05, 0) is 26.0 Å². The smallest absolute Gasteiger partial charge is 0.258 e. The molecule has 1 amide bonds. The summed E-state index contributed by atoms with van der Waals surface area (Å²) in [7, 11) is 0. The molecular formula is C16H15ClN4O2. The predicted molar refractivity (Wildman–Crippen MR) is 86.7 cm³/mol. The number of aromatic nitrogens is 3. The monoisotopic (exact) mass is 330 g/mol. The molecule has 0 spiro atoms. The molecule has 0 saturated carbocycles. The highest BCUT2D eigenvalue weighted by Gasteiger charge is 2.13. The van der Waals surface area contributed by atoms with Crippen LogP contribution in [0.25, 0.3) is 0 Å². The van der Waals surface area contributed by atoms with E-state index in [0.29, 0.717) is 22.9 Å². The predicted octanol–water partition coefficient (Wildman–Crippen LogP) is 3.44. The van der Waals surface area contributed by atoms with Gasteiger partial charge in [0, 0.05) is 17.8 Å². The number of halogens is 1. The quantitative estimate of drug-likeness (QED) is 0.795. The normalized spacial score (nSPS) is 10.7. The van der Waals surface area contributed by atoms with Gasteiger partial charge in [0.25, 0.3) is 5.91 Å². The van der Waals surface area contributed by atoms with Crippen LogP contribution in [0.15, 0.2) is 41.1 Å². The van der Waals surface area contributed by atoms with Crippen LogP contribution >= 0.6 is 11.6 Å². The van der Waals surface area contributed by atoms with Crippen LogP contribution in [0.3, 0.4) is 0 Å². The van der Waals surface area contributed by atoms with Crippen molar-refractivity contribution in [2.24, 2.45) is 0 Å². The summed E-state index contributed by atoms with van der Waals surface area (Å²) in [6, 6.07) is 8.60. The van der Waals surface area contributed by atoms with Crippen molar-refractivity contribution >= 4 is 23.3 Å². The molecule has 0 saturated heterocycles. The third-order valence-corrected chi connectivity index (χ3v) is 3.83. The van der Waals surface area contributed by atoms with Gasteiger partial charge in [-0.2, -0.15) is 5.10 Å². The minimum Gasteiger partial charge on any atom is -0.361 e. The van der Waals surface area contributed by atoms with E-state index in [1.807, 2.05) is 13.8 Å². The molecule has 6 nitrogen and oxygen atoms in total. The summed E-state index contributed by atoms with van der Waals surface area (Å²) < 4.78 is 6.85. The Kier molecular flexibility index (Phi) is 4.16. The van der Waals surface area contributed by atoms with E-state index in [0.717, 1.165) is 17.0 Å². The first-order valence-corrected chi connectivity index (χ1v) is 7.43. The largest absolute Gasteiger partial charge is 0.361 e. The summed E-state index contributed by atoms with van der Waals surface area (Å²) in [5.74, 6) is 0.930. The molecule has 0 aliphatic carbocycles. The highest BCUT2D eigenvalue weighted by Crippen LogP contribution is 2.17. The lowest BCUT2D eigenvalue weighted by Crippen LogP contribution is -2.13. The van der Waals surface area contributed by atoms with Crippen LogP contribution in [0.1, 0.15) is 27.4 Å². The van der Waals surface area contributed by atoms with E-state index in [9.17, 15) is 4.79 Å². The molecule has 0 unspecified atom stereocenters. The van der Waals surface area contributed by atoms with Crippen molar-refractivity contribution in [3.63, 3.8) is 0 Å². The highest BCUT2D eigenvalue weighted by atomic mass is 35.5. The van der Waals surface area contributed by atoms with Crippen LogP contribution in [0, 0.1) is 13.8 Å². The molecule has 7 heteroatoms. The minimum atomic E-state index is -0.293. The average molecular weight is 331 g/mol. The Balaban J connectivity index is 1.73. The van der Waals surface area contributed by atoms with Gasteiger partial charge in [0.05, 0.1) is 22.8 Å². The molecular weight excluding hydrogens is 316 g/mol. The second kappa shape index (κ2) is 6.26. The summed E-state index contributed by atoms with van der Waals surface area (Å²) in [5.41, 5.74) is 2.23. The number of carbonyl (C=O) groups is 1. The molecule has 23 heavy (non-hydrogen) atoms. The number of rotatable bonds is 4. The second-order valence-corrected chi connectivity index (χ2v) is 5.54. The molecule has 3 rings (SSSR count). The topological polar surface area (TPSA) is 73.0 Å². The van der Waals surface area contributed by atoms with Gasteiger partial charge in [-0.15, -0.1) is 0 Å². The molecule has 0 bridgehead atoms. The Bertz CT molecular complexity index is 834. The van der Waals surface area contributed by atoms with Gasteiger partial charge in [-0.3, -0.25) is 9.48 Å². The number of benzene rings is 1. The van der Waals surface area contributed by atoms with Gasteiger partial charge < -0.3 is 9.84 Å². The fourth-order valence-corrected chi connectivity index (χ4v) is 2.46. The summed E-state index contributed by atoms with van der Waals surface area (Å²) in [6.45, 7) is 4.28. The first kappa shape index (κ1) is 15.3. The Morgan fingerprint density at radius 2 is 2.09 bits per heavy atom. The Morgan fingerprint density at radius 1 is 1.30 bits per heavy atom. The van der Waals surface area contributed by atoms with Gasteiger partial charge >= 0.3 is 0 Å². The summed E-state index contributed by atoms with van der Waals surface area (Å²) >= 11 is 6.02. The van der Waals surface area contributed by atoms with Crippen LogP contribution in [-0.4, -0.2) is 20.8 Å². The maximum absolute atomic E-state index is 12.2. The van der Waals surface area contributed by atoms with E-state index in [2.05, 4.69) is 15.6 Å². The van der Waals surface area contributed by atoms with Crippen molar-refractivity contribution < 1.29 is 9.32 Å². The van der Waals surface area contributed by atoms with E-state index in [4.69, 9.17) is 16.1 Å². The van der Waals surface area contributed by atoms with Gasteiger partial charge in [0.15, 0.2) is 5.82 Å². The molecule has 3 aromatic rings. The lowest BCUT2D eigenvalue weighted by atomic mass is 10.2. The van der Waals surface area contributed by atoms with Crippen molar-refractivity contribution in [2.45, 2.75) is 20.4 Å². The summed E-state index contributed by atoms with van der Waals surface area (Å²) in [4.78, 5) is 12.2. The molecule has 0 fully saturated rings. The number of hydrogen-bond donors (Lipinski definition) is 1. The maximum Gasteiger partial charge on any atom is 0.258 e. The van der Waals surface area contributed by atoms with E-state index < -0.39 is 0 Å². The third-order valence-electron chi connectivity index (χ3n) is 3.50. The van der Waals surface area contributed by atoms with Gasteiger partial charge in [-0.25, -0.2) is 0 Å². The number of carbonyl (C=O) groups excluding carboxylic acids is 1. The van der Waals surface area contributed by atoms with Crippen LogP contribution in [-0.2, 0) is 6.54 Å². The van der Waals surface area contributed by atoms with E-state index in [1.54, 1.807) is 41.2 Å². The Labute approximate surface area is 138 Å². The molecule has 0 atom stereocenters. The molecule has 1 N–H and O–H groups in total. The summed E-state index contributed by atoms with van der Waals surface area (Å²) in [6.07, 6.45) is 1.79. The molecule has 1 aromatic carbocycles. The lowest BCUT2D eigenvalue weighted by Gasteiger charge is -2.04.